The molecule has 0 radical (unpaired) electrons. The number of nitrogens with zero attached hydrogens (tertiary/aromatic N) is 3. The van der Waals surface area contributed by atoms with Gasteiger partial charge in [-0.25, -0.2) is 0 Å². The number of benzene rings is 2. The van der Waals surface area contributed by atoms with Crippen molar-refractivity contribution in [1.82, 2.24) is 25.1 Å². The van der Waals surface area contributed by atoms with Crippen LogP contribution < -0.4 is 10.1 Å². The summed E-state index contributed by atoms with van der Waals surface area (Å²) in [7, 11) is 0. The fraction of sp³-hybridized carbons (Fsp3) is 0.200. The number of carbonyl (C=O) groups is 1. The molecule has 2 heterocycles. The number of aromatic nitrogens is 4. The molecular weight excluding hydrogens is 434 g/mol. The fourth-order valence-corrected chi connectivity index (χ4v) is 3.52. The Morgan fingerprint density at radius 1 is 1.09 bits per heavy atom. The van der Waals surface area contributed by atoms with E-state index in [0.29, 0.717) is 30.9 Å². The summed E-state index contributed by atoms with van der Waals surface area (Å²) in [4.78, 5) is 16.7. The van der Waals surface area contributed by atoms with Gasteiger partial charge in [-0.15, -0.1) is 0 Å². The van der Waals surface area contributed by atoms with Gasteiger partial charge in [-0.2, -0.15) is 5.10 Å². The molecule has 2 N–H and O–H groups in total. The van der Waals surface area contributed by atoms with Crippen molar-refractivity contribution in [3.05, 3.63) is 94.5 Å². The largest absolute Gasteiger partial charge is 0.487 e. The van der Waals surface area contributed by atoms with Crippen LogP contribution in [0.15, 0.2) is 72.9 Å². The van der Waals surface area contributed by atoms with Crippen LogP contribution in [-0.4, -0.2) is 25.7 Å². The predicted octanol–water partition coefficient (Wildman–Crippen LogP) is 4.60. The van der Waals surface area contributed by atoms with Crippen LogP contribution in [0.4, 0.5) is 0 Å². The second kappa shape index (κ2) is 10.7. The molecular formula is C25H25N5O2S. The Bertz CT molecular complexity index is 1250. The number of hydrogen-bond acceptors (Lipinski definition) is 5. The molecule has 2 aromatic heterocycles. The number of carbonyl (C=O) groups excluding carboxylic acids is 1. The molecule has 4 aromatic rings. The Morgan fingerprint density at radius 3 is 2.61 bits per heavy atom. The van der Waals surface area contributed by atoms with E-state index in [9.17, 15) is 4.79 Å². The topological polar surface area (TPSA) is 84.8 Å². The molecule has 0 aliphatic carbocycles. The average Bonchev–Trinajstić information content (AvgIpc) is 3.22. The first-order chi connectivity index (χ1) is 16.1. The Labute approximate surface area is 197 Å². The van der Waals surface area contributed by atoms with E-state index in [1.165, 1.54) is 5.56 Å². The van der Waals surface area contributed by atoms with Crippen LogP contribution in [0.1, 0.15) is 23.2 Å². The van der Waals surface area contributed by atoms with Gasteiger partial charge in [0.15, 0.2) is 10.6 Å². The van der Waals surface area contributed by atoms with E-state index in [2.05, 4.69) is 20.5 Å². The smallest absolute Gasteiger partial charge is 0.222 e. The quantitative estimate of drug-likeness (QED) is 0.358. The second-order valence-corrected chi connectivity index (χ2v) is 8.04. The standard InChI is InChI=1S/C25H25N5O2S/c1-18-5-9-20(10-6-18)24-28-29-25(33)30(24)15-13-23(31)27-16-19-7-11-22(12-8-19)32-17-21-4-2-3-14-26-21/h2-12,14H,13,15-17H2,1H3,(H,27,31)(H,29,33). The Kier molecular flexibility index (Phi) is 7.26. The molecule has 8 heteroatoms. The Morgan fingerprint density at radius 2 is 1.88 bits per heavy atom. The van der Waals surface area contributed by atoms with Gasteiger partial charge in [-0.3, -0.25) is 19.4 Å². The highest BCUT2D eigenvalue weighted by molar-refractivity contribution is 7.71. The van der Waals surface area contributed by atoms with Gasteiger partial charge in [-0.05, 0) is 49.0 Å². The van der Waals surface area contributed by atoms with Crippen molar-refractivity contribution in [3.8, 4) is 17.1 Å². The summed E-state index contributed by atoms with van der Waals surface area (Å²) in [6.45, 7) is 3.34. The lowest BCUT2D eigenvalue weighted by Gasteiger charge is -2.09. The first-order valence-corrected chi connectivity index (χ1v) is 11.1. The molecule has 4 rings (SSSR count). The third kappa shape index (κ3) is 6.14. The zero-order chi connectivity index (χ0) is 23.0. The van der Waals surface area contributed by atoms with Crippen LogP contribution >= 0.6 is 12.2 Å². The lowest BCUT2D eigenvalue weighted by Crippen LogP contribution is -2.24. The molecule has 0 unspecified atom stereocenters. The molecule has 0 spiro atoms. The van der Waals surface area contributed by atoms with Gasteiger partial charge in [0.05, 0.1) is 5.69 Å². The number of rotatable bonds is 9. The van der Waals surface area contributed by atoms with E-state index >= 15 is 0 Å². The van der Waals surface area contributed by atoms with E-state index in [0.717, 1.165) is 28.4 Å². The lowest BCUT2D eigenvalue weighted by atomic mass is 10.1. The van der Waals surface area contributed by atoms with E-state index in [1.807, 2.05) is 78.2 Å². The number of aromatic amines is 1. The van der Waals surface area contributed by atoms with E-state index in [4.69, 9.17) is 17.0 Å². The lowest BCUT2D eigenvalue weighted by molar-refractivity contribution is -0.121. The number of hydrogen-bond donors (Lipinski definition) is 2. The van der Waals surface area contributed by atoms with E-state index in [-0.39, 0.29) is 5.91 Å². The number of pyridine rings is 1. The minimum Gasteiger partial charge on any atom is -0.487 e. The van der Waals surface area contributed by atoms with Crippen molar-refractivity contribution in [2.45, 2.75) is 33.0 Å². The first kappa shape index (κ1) is 22.4. The number of amides is 1. The SMILES string of the molecule is Cc1ccc(-c2n[nH]c(=S)n2CCC(=O)NCc2ccc(OCc3ccccn3)cc2)cc1. The van der Waals surface area contributed by atoms with E-state index < -0.39 is 0 Å². The van der Waals surface area contributed by atoms with Crippen LogP contribution in [-0.2, 0) is 24.5 Å². The normalized spacial score (nSPS) is 10.7. The van der Waals surface area contributed by atoms with Crippen molar-refractivity contribution in [1.29, 1.82) is 0 Å². The molecule has 0 saturated carbocycles. The molecule has 2 aromatic carbocycles. The minimum absolute atomic E-state index is 0.0524. The average molecular weight is 460 g/mol. The van der Waals surface area contributed by atoms with Crippen LogP contribution in [0, 0.1) is 11.7 Å². The molecule has 168 valence electrons. The van der Waals surface area contributed by atoms with Crippen molar-refractivity contribution >= 4 is 18.1 Å². The molecule has 0 fully saturated rings. The van der Waals surface area contributed by atoms with Gasteiger partial charge in [0.1, 0.15) is 12.4 Å². The highest BCUT2D eigenvalue weighted by atomic mass is 32.1. The molecule has 7 nitrogen and oxygen atoms in total. The highest BCUT2D eigenvalue weighted by Crippen LogP contribution is 2.18. The first-order valence-electron chi connectivity index (χ1n) is 10.7. The molecule has 33 heavy (non-hydrogen) atoms. The maximum atomic E-state index is 12.4. The number of ether oxygens (including phenoxy) is 1. The minimum atomic E-state index is -0.0524. The maximum Gasteiger partial charge on any atom is 0.222 e. The van der Waals surface area contributed by atoms with Crippen molar-refractivity contribution < 1.29 is 9.53 Å². The van der Waals surface area contributed by atoms with Gasteiger partial charge in [0.25, 0.3) is 0 Å². The fourth-order valence-electron chi connectivity index (χ4n) is 3.29. The van der Waals surface area contributed by atoms with Gasteiger partial charge in [-0.1, -0.05) is 48.0 Å². The van der Waals surface area contributed by atoms with Gasteiger partial charge in [0.2, 0.25) is 5.91 Å². The van der Waals surface area contributed by atoms with Crippen LogP contribution in [0.25, 0.3) is 11.4 Å². The summed E-state index contributed by atoms with van der Waals surface area (Å²) in [5.41, 5.74) is 4.00. The second-order valence-electron chi connectivity index (χ2n) is 7.65. The number of H-pyrrole nitrogens is 1. The maximum absolute atomic E-state index is 12.4. The monoisotopic (exact) mass is 459 g/mol. The van der Waals surface area contributed by atoms with Crippen molar-refractivity contribution in [2.75, 3.05) is 0 Å². The van der Waals surface area contributed by atoms with Crippen LogP contribution in [0.2, 0.25) is 0 Å². The van der Waals surface area contributed by atoms with Gasteiger partial charge in [0, 0.05) is 31.3 Å². The summed E-state index contributed by atoms with van der Waals surface area (Å²) in [5, 5.41) is 10.1. The zero-order valence-corrected chi connectivity index (χ0v) is 19.1. The summed E-state index contributed by atoms with van der Waals surface area (Å²) in [6, 6.07) is 21.4. The summed E-state index contributed by atoms with van der Waals surface area (Å²) < 4.78 is 8.10. The Hall–Kier alpha value is -3.78. The molecule has 1 amide bonds. The third-order valence-corrected chi connectivity index (χ3v) is 5.47. The van der Waals surface area contributed by atoms with Gasteiger partial charge >= 0.3 is 0 Å². The Balaban J connectivity index is 1.27. The van der Waals surface area contributed by atoms with Crippen LogP contribution in [0.3, 0.4) is 0 Å². The molecule has 0 aliphatic heterocycles. The van der Waals surface area contributed by atoms with Gasteiger partial charge < -0.3 is 10.1 Å². The third-order valence-electron chi connectivity index (χ3n) is 5.16. The number of aryl methyl sites for hydroxylation is 1. The molecule has 0 atom stereocenters. The van der Waals surface area contributed by atoms with Crippen molar-refractivity contribution in [3.63, 3.8) is 0 Å². The molecule has 0 aliphatic rings. The summed E-state index contributed by atoms with van der Waals surface area (Å²) in [6.07, 6.45) is 2.05. The number of nitrogens with one attached hydrogen (secondary N) is 2. The molecule has 0 saturated heterocycles. The zero-order valence-electron chi connectivity index (χ0n) is 18.3. The van der Waals surface area contributed by atoms with E-state index in [1.54, 1.807) is 6.20 Å². The molecule has 0 bridgehead atoms. The summed E-state index contributed by atoms with van der Waals surface area (Å²) >= 11 is 5.35. The highest BCUT2D eigenvalue weighted by Gasteiger charge is 2.11. The predicted molar refractivity (Wildman–Crippen MR) is 129 cm³/mol. The summed E-state index contributed by atoms with van der Waals surface area (Å²) in [5.74, 6) is 1.44. The van der Waals surface area contributed by atoms with Crippen LogP contribution in [0.5, 0.6) is 5.75 Å². The van der Waals surface area contributed by atoms with Crippen molar-refractivity contribution in [2.24, 2.45) is 0 Å².